The van der Waals surface area contributed by atoms with E-state index in [9.17, 15) is 19.5 Å². The van der Waals surface area contributed by atoms with Crippen molar-refractivity contribution < 1.29 is 29.0 Å². The van der Waals surface area contributed by atoms with Crippen LogP contribution in [0.1, 0.15) is 46.9 Å². The number of nitrogens with zero attached hydrogens (tertiary/aromatic N) is 1. The van der Waals surface area contributed by atoms with Crippen LogP contribution in [-0.4, -0.2) is 60.0 Å². The molecule has 2 atom stereocenters. The minimum Gasteiger partial charge on any atom is -0.480 e. The van der Waals surface area contributed by atoms with Crippen LogP contribution in [-0.2, 0) is 14.3 Å². The summed E-state index contributed by atoms with van der Waals surface area (Å²) in [6.07, 6.45) is -0.823. The summed E-state index contributed by atoms with van der Waals surface area (Å²) in [7, 11) is 0. The van der Waals surface area contributed by atoms with Gasteiger partial charge in [-0.1, -0.05) is 97.1 Å². The normalized spacial score (nSPS) is 18.5. The molecular weight excluding hydrogens is 556 g/mol. The van der Waals surface area contributed by atoms with Gasteiger partial charge in [0.15, 0.2) is 0 Å². The van der Waals surface area contributed by atoms with Gasteiger partial charge >= 0.3 is 18.2 Å². The van der Waals surface area contributed by atoms with E-state index >= 15 is 0 Å². The average Bonchev–Trinajstić information content (AvgIpc) is 3.55. The molecule has 1 aliphatic heterocycles. The zero-order chi connectivity index (χ0) is 30.2. The van der Waals surface area contributed by atoms with Gasteiger partial charge in [-0.3, -0.25) is 4.90 Å². The van der Waals surface area contributed by atoms with E-state index in [0.717, 1.165) is 44.5 Å². The molecule has 1 heterocycles. The highest BCUT2D eigenvalue weighted by molar-refractivity contribution is 5.82. The van der Waals surface area contributed by atoms with Gasteiger partial charge in [0.05, 0.1) is 0 Å². The molecule has 1 saturated heterocycles. The van der Waals surface area contributed by atoms with E-state index in [4.69, 9.17) is 9.47 Å². The minimum absolute atomic E-state index is 0.0593. The Labute approximate surface area is 255 Å². The van der Waals surface area contributed by atoms with Crippen LogP contribution in [0, 0.1) is 0 Å². The minimum atomic E-state index is -1.14. The summed E-state index contributed by atoms with van der Waals surface area (Å²) < 4.78 is 11.4. The van der Waals surface area contributed by atoms with E-state index in [1.165, 1.54) is 4.90 Å². The zero-order valence-electron chi connectivity index (χ0n) is 24.0. The van der Waals surface area contributed by atoms with Crippen molar-refractivity contribution in [2.24, 2.45) is 0 Å². The highest BCUT2D eigenvalue weighted by Crippen LogP contribution is 2.45. The maximum atomic E-state index is 13.2. The second kappa shape index (κ2) is 11.5. The summed E-state index contributed by atoms with van der Waals surface area (Å²) in [5.41, 5.74) is 8.92. The number of amides is 2. The van der Waals surface area contributed by atoms with E-state index in [0.29, 0.717) is 6.42 Å². The van der Waals surface area contributed by atoms with Crippen molar-refractivity contribution in [1.82, 2.24) is 10.2 Å². The van der Waals surface area contributed by atoms with Crippen LogP contribution in [0.15, 0.2) is 97.1 Å². The number of alkyl carbamates (subject to hydrolysis) is 1. The largest absolute Gasteiger partial charge is 0.480 e. The third-order valence-corrected chi connectivity index (χ3v) is 9.12. The quantitative estimate of drug-likeness (QED) is 0.270. The Morgan fingerprint density at radius 1 is 0.682 bits per heavy atom. The lowest BCUT2D eigenvalue weighted by atomic mass is 9.97. The lowest BCUT2D eigenvalue weighted by molar-refractivity contribution is -0.144. The molecule has 8 nitrogen and oxygen atoms in total. The monoisotopic (exact) mass is 588 g/mol. The molecule has 0 spiro atoms. The van der Waals surface area contributed by atoms with Crippen molar-refractivity contribution in [3.8, 4) is 22.3 Å². The Balaban J connectivity index is 0.960. The molecule has 44 heavy (non-hydrogen) atoms. The third kappa shape index (κ3) is 4.96. The van der Waals surface area contributed by atoms with Crippen molar-refractivity contribution in [3.05, 3.63) is 119 Å². The van der Waals surface area contributed by atoms with Crippen molar-refractivity contribution >= 4 is 18.2 Å². The topological polar surface area (TPSA) is 105 Å². The van der Waals surface area contributed by atoms with Gasteiger partial charge in [0.25, 0.3) is 0 Å². The molecule has 0 unspecified atom stereocenters. The predicted octanol–water partition coefficient (Wildman–Crippen LogP) is 6.39. The van der Waals surface area contributed by atoms with Gasteiger partial charge in [0.1, 0.15) is 19.3 Å². The predicted molar refractivity (Wildman–Crippen MR) is 164 cm³/mol. The molecule has 3 aliphatic rings. The fourth-order valence-electron chi connectivity index (χ4n) is 7.03. The van der Waals surface area contributed by atoms with Gasteiger partial charge in [0.2, 0.25) is 0 Å². The van der Waals surface area contributed by atoms with E-state index in [1.807, 2.05) is 60.7 Å². The summed E-state index contributed by atoms with van der Waals surface area (Å²) >= 11 is 0. The fourth-order valence-corrected chi connectivity index (χ4v) is 7.03. The number of carbonyl (C=O) groups excluding carboxylic acids is 2. The Kier molecular flexibility index (Phi) is 7.26. The number of ether oxygens (including phenoxy) is 2. The van der Waals surface area contributed by atoms with Gasteiger partial charge in [-0.15, -0.1) is 0 Å². The molecule has 2 amide bonds. The number of rotatable bonds is 6. The number of carbonyl (C=O) groups is 3. The van der Waals surface area contributed by atoms with Crippen LogP contribution in [0.4, 0.5) is 9.59 Å². The summed E-state index contributed by atoms with van der Waals surface area (Å²) in [5.74, 6) is -1.34. The Bertz CT molecular complexity index is 1660. The molecule has 0 bridgehead atoms. The van der Waals surface area contributed by atoms with Crippen molar-refractivity contribution in [2.75, 3.05) is 19.8 Å². The van der Waals surface area contributed by atoms with Crippen molar-refractivity contribution in [2.45, 2.75) is 36.8 Å². The lowest BCUT2D eigenvalue weighted by Gasteiger charge is -2.36. The van der Waals surface area contributed by atoms with Gasteiger partial charge < -0.3 is 19.9 Å². The number of piperidine rings is 1. The Hall–Kier alpha value is -5.11. The van der Waals surface area contributed by atoms with Crippen LogP contribution in [0.3, 0.4) is 0 Å². The van der Waals surface area contributed by atoms with Crippen molar-refractivity contribution in [3.63, 3.8) is 0 Å². The zero-order valence-corrected chi connectivity index (χ0v) is 24.0. The van der Waals surface area contributed by atoms with Gasteiger partial charge in [0, 0.05) is 24.4 Å². The number of aliphatic carboxylic acids is 1. The lowest BCUT2D eigenvalue weighted by Crippen LogP contribution is -2.55. The first-order chi connectivity index (χ1) is 21.5. The number of benzene rings is 4. The van der Waals surface area contributed by atoms with Crippen LogP contribution in [0.2, 0.25) is 0 Å². The highest BCUT2D eigenvalue weighted by atomic mass is 16.6. The maximum absolute atomic E-state index is 13.2. The molecule has 7 rings (SSSR count). The van der Waals surface area contributed by atoms with E-state index in [1.54, 1.807) is 0 Å². The van der Waals surface area contributed by atoms with Gasteiger partial charge in [-0.05, 0) is 57.3 Å². The summed E-state index contributed by atoms with van der Waals surface area (Å²) in [5, 5.41) is 12.8. The summed E-state index contributed by atoms with van der Waals surface area (Å²) in [6, 6.07) is 30.7. The first kappa shape index (κ1) is 27.7. The molecule has 0 radical (unpaired) electrons. The van der Waals surface area contributed by atoms with Crippen LogP contribution >= 0.6 is 0 Å². The van der Waals surface area contributed by atoms with E-state index in [2.05, 4.69) is 41.7 Å². The number of carboxylic acids is 1. The van der Waals surface area contributed by atoms with Crippen LogP contribution < -0.4 is 5.32 Å². The second-order valence-electron chi connectivity index (χ2n) is 11.5. The molecule has 4 aromatic carbocycles. The molecule has 8 heteroatoms. The van der Waals surface area contributed by atoms with Crippen LogP contribution in [0.5, 0.6) is 0 Å². The number of hydrogen-bond donors (Lipinski definition) is 2. The molecule has 2 aliphatic carbocycles. The molecule has 0 aromatic heterocycles. The molecule has 2 N–H and O–H groups in total. The van der Waals surface area contributed by atoms with Gasteiger partial charge in [-0.2, -0.15) is 0 Å². The maximum Gasteiger partial charge on any atom is 0.410 e. The van der Waals surface area contributed by atoms with Gasteiger partial charge in [-0.25, -0.2) is 14.4 Å². The summed E-state index contributed by atoms with van der Waals surface area (Å²) in [4.78, 5) is 39.5. The number of nitrogens with one attached hydrogen (secondary N) is 1. The third-order valence-electron chi connectivity index (χ3n) is 9.12. The van der Waals surface area contributed by atoms with E-state index < -0.39 is 30.2 Å². The molecule has 4 aromatic rings. The number of fused-ring (bicyclic) bond motifs is 6. The van der Waals surface area contributed by atoms with Crippen LogP contribution in [0.25, 0.3) is 22.3 Å². The highest BCUT2D eigenvalue weighted by Gasteiger charge is 2.39. The molecule has 222 valence electrons. The standard InChI is InChI=1S/C36H32N2O6/c39-34(40)33-19-22(37-35(41)43-20-31-27-13-5-1-9-23(27)24-10-2-6-14-28(24)31)17-18-38(33)36(42)44-21-32-29-15-7-3-11-25(29)26-12-4-8-16-30(26)32/h1-16,22,31-33H,17-21H2,(H,37,41)(H,39,40)/t22-,33-/m0/s1. The SMILES string of the molecule is O=C(N[C@H]1CCN(C(=O)OCC2c3ccccc3-c3ccccc32)[C@H](C(=O)O)C1)OCC1c2ccccc2-c2ccccc21. The fraction of sp³-hybridized carbons (Fsp3) is 0.250. The molecule has 1 fully saturated rings. The Morgan fingerprint density at radius 2 is 1.11 bits per heavy atom. The van der Waals surface area contributed by atoms with Crippen molar-refractivity contribution in [1.29, 1.82) is 0 Å². The van der Waals surface area contributed by atoms with E-state index in [-0.39, 0.29) is 38.0 Å². The molecule has 0 saturated carbocycles. The number of likely N-dealkylation sites (tertiary alicyclic amines) is 1. The average molecular weight is 589 g/mol. The Morgan fingerprint density at radius 3 is 1.57 bits per heavy atom. The second-order valence-corrected chi connectivity index (χ2v) is 11.5. The first-order valence-corrected chi connectivity index (χ1v) is 15.0. The summed E-state index contributed by atoms with van der Waals surface area (Å²) in [6.45, 7) is 0.417. The first-order valence-electron chi connectivity index (χ1n) is 15.0. The smallest absolute Gasteiger partial charge is 0.410 e. The number of hydrogen-bond acceptors (Lipinski definition) is 5. The molecular formula is C36H32N2O6. The number of carboxylic acid groups (broad SMARTS) is 1.